The molecule has 0 aliphatic carbocycles. The van der Waals surface area contributed by atoms with Gasteiger partial charge in [0, 0.05) is 24.9 Å². The summed E-state index contributed by atoms with van der Waals surface area (Å²) in [4.78, 5) is 15.3. The first-order chi connectivity index (χ1) is 16.1. The van der Waals surface area contributed by atoms with E-state index in [1.807, 2.05) is 67.0 Å². The van der Waals surface area contributed by atoms with Crippen molar-refractivity contribution in [2.24, 2.45) is 0 Å². The smallest absolute Gasteiger partial charge is 0.253 e. The maximum absolute atomic E-state index is 12.5. The molecule has 0 radical (unpaired) electrons. The summed E-state index contributed by atoms with van der Waals surface area (Å²) in [5, 5.41) is 11.8. The summed E-state index contributed by atoms with van der Waals surface area (Å²) in [5.41, 5.74) is 2.81. The Hall–Kier alpha value is -3.10. The lowest BCUT2D eigenvalue weighted by atomic mass is 10.1. The van der Waals surface area contributed by atoms with E-state index in [0.29, 0.717) is 5.56 Å². The molecule has 2 aromatic heterocycles. The first-order valence-electron chi connectivity index (χ1n) is 10.7. The molecular formula is C25H26N4O2S2. The Kier molecular flexibility index (Phi) is 7.47. The fourth-order valence-corrected chi connectivity index (χ4v) is 5.05. The fourth-order valence-electron chi connectivity index (χ4n) is 3.44. The number of rotatable bonds is 9. The van der Waals surface area contributed by atoms with Crippen LogP contribution in [0.3, 0.4) is 0 Å². The zero-order chi connectivity index (χ0) is 23.2. The van der Waals surface area contributed by atoms with E-state index in [2.05, 4.69) is 27.8 Å². The summed E-state index contributed by atoms with van der Waals surface area (Å²) in [7, 11) is 3.50. The van der Waals surface area contributed by atoms with E-state index >= 15 is 0 Å². The van der Waals surface area contributed by atoms with E-state index in [9.17, 15) is 4.79 Å². The zero-order valence-corrected chi connectivity index (χ0v) is 20.5. The number of thioether (sulfide) groups is 1. The molecular weight excluding hydrogens is 452 g/mol. The van der Waals surface area contributed by atoms with E-state index in [1.165, 1.54) is 0 Å². The summed E-state index contributed by atoms with van der Waals surface area (Å²) in [5.74, 6) is 2.39. The van der Waals surface area contributed by atoms with Crippen LogP contribution in [-0.2, 0) is 5.75 Å². The van der Waals surface area contributed by atoms with Crippen LogP contribution in [0.5, 0.6) is 5.75 Å². The molecule has 0 fully saturated rings. The van der Waals surface area contributed by atoms with Crippen molar-refractivity contribution >= 4 is 29.0 Å². The van der Waals surface area contributed by atoms with Crippen LogP contribution in [0.4, 0.5) is 0 Å². The third-order valence-electron chi connectivity index (χ3n) is 5.18. The monoisotopic (exact) mass is 478 g/mol. The van der Waals surface area contributed by atoms with Crippen molar-refractivity contribution < 1.29 is 9.53 Å². The molecule has 8 heteroatoms. The number of methoxy groups -OCH3 is 1. The summed E-state index contributed by atoms with van der Waals surface area (Å²) in [6, 6.07) is 19.8. The molecule has 2 heterocycles. The minimum atomic E-state index is 0.0518. The quantitative estimate of drug-likeness (QED) is 0.286. The molecule has 0 saturated heterocycles. The number of amides is 1. The highest BCUT2D eigenvalue weighted by molar-refractivity contribution is 7.98. The van der Waals surface area contributed by atoms with Gasteiger partial charge < -0.3 is 9.64 Å². The Labute approximate surface area is 202 Å². The zero-order valence-electron chi connectivity index (χ0n) is 18.9. The molecule has 0 spiro atoms. The van der Waals surface area contributed by atoms with E-state index in [0.717, 1.165) is 51.6 Å². The highest BCUT2D eigenvalue weighted by Crippen LogP contribution is 2.32. The Balaban J connectivity index is 1.55. The van der Waals surface area contributed by atoms with Gasteiger partial charge in [-0.25, -0.2) is 0 Å². The maximum Gasteiger partial charge on any atom is 0.253 e. The minimum Gasteiger partial charge on any atom is -0.497 e. The average Bonchev–Trinajstić information content (AvgIpc) is 3.53. The van der Waals surface area contributed by atoms with E-state index < -0.39 is 0 Å². The fraction of sp³-hybridized carbons (Fsp3) is 0.240. The summed E-state index contributed by atoms with van der Waals surface area (Å²) in [6.45, 7) is 2.82. The standard InChI is InChI=1S/C25H26N4O2S2/c1-4-15-28(2)24(30)19-9-7-18(8-10-19)17-33-25-27-26-23(22-6-5-16-32-22)29(25)20-11-13-21(31-3)14-12-20/h5-14,16H,4,15,17H2,1-3H3. The van der Waals surface area contributed by atoms with Crippen LogP contribution in [0, 0.1) is 0 Å². The Morgan fingerprint density at radius 3 is 2.48 bits per heavy atom. The predicted molar refractivity (Wildman–Crippen MR) is 134 cm³/mol. The molecule has 0 aliphatic rings. The third-order valence-corrected chi connectivity index (χ3v) is 7.05. The van der Waals surface area contributed by atoms with Crippen molar-refractivity contribution in [1.29, 1.82) is 0 Å². The van der Waals surface area contributed by atoms with E-state index in [1.54, 1.807) is 35.1 Å². The number of benzene rings is 2. The first kappa shape index (κ1) is 23.1. The van der Waals surface area contributed by atoms with Gasteiger partial charge in [0.1, 0.15) is 5.75 Å². The van der Waals surface area contributed by atoms with Gasteiger partial charge in [-0.1, -0.05) is 36.9 Å². The number of hydrogen-bond donors (Lipinski definition) is 0. The molecule has 0 N–H and O–H groups in total. The number of nitrogens with zero attached hydrogens (tertiary/aromatic N) is 4. The molecule has 6 nitrogen and oxygen atoms in total. The van der Waals surface area contributed by atoms with Gasteiger partial charge in [-0.3, -0.25) is 9.36 Å². The van der Waals surface area contributed by atoms with Gasteiger partial charge in [-0.2, -0.15) is 0 Å². The predicted octanol–water partition coefficient (Wildman–Crippen LogP) is 5.78. The number of ether oxygens (including phenoxy) is 1. The molecule has 4 aromatic rings. The van der Waals surface area contributed by atoms with Crippen molar-refractivity contribution in [3.63, 3.8) is 0 Å². The highest BCUT2D eigenvalue weighted by Gasteiger charge is 2.17. The molecule has 0 aliphatic heterocycles. The van der Waals surface area contributed by atoms with Crippen LogP contribution in [0.25, 0.3) is 16.4 Å². The second kappa shape index (κ2) is 10.7. The molecule has 0 atom stereocenters. The average molecular weight is 479 g/mol. The minimum absolute atomic E-state index is 0.0518. The van der Waals surface area contributed by atoms with Crippen LogP contribution >= 0.6 is 23.1 Å². The maximum atomic E-state index is 12.5. The molecule has 4 rings (SSSR count). The second-order valence-corrected chi connectivity index (χ2v) is 9.42. The molecule has 170 valence electrons. The van der Waals surface area contributed by atoms with Crippen molar-refractivity contribution in [3.05, 3.63) is 77.2 Å². The molecule has 0 bridgehead atoms. The lowest BCUT2D eigenvalue weighted by Crippen LogP contribution is -2.27. The molecule has 1 amide bonds. The van der Waals surface area contributed by atoms with Crippen LogP contribution in [0.2, 0.25) is 0 Å². The summed E-state index contributed by atoms with van der Waals surface area (Å²) < 4.78 is 7.39. The summed E-state index contributed by atoms with van der Waals surface area (Å²) >= 11 is 3.26. The highest BCUT2D eigenvalue weighted by atomic mass is 32.2. The Bertz CT molecular complexity index is 1190. The molecule has 0 saturated carbocycles. The van der Waals surface area contributed by atoms with Crippen molar-refractivity contribution in [2.45, 2.75) is 24.3 Å². The SMILES string of the molecule is CCCN(C)C(=O)c1ccc(CSc2nnc(-c3cccs3)n2-c2ccc(OC)cc2)cc1. The van der Waals surface area contributed by atoms with Gasteiger partial charge >= 0.3 is 0 Å². The second-order valence-electron chi connectivity index (χ2n) is 7.53. The van der Waals surface area contributed by atoms with Crippen LogP contribution in [-0.4, -0.2) is 46.3 Å². The molecule has 2 aromatic carbocycles. The van der Waals surface area contributed by atoms with Crippen molar-refractivity contribution in [1.82, 2.24) is 19.7 Å². The van der Waals surface area contributed by atoms with Gasteiger partial charge in [0.05, 0.1) is 17.7 Å². The third kappa shape index (κ3) is 5.29. The Morgan fingerprint density at radius 2 is 1.85 bits per heavy atom. The Morgan fingerprint density at radius 1 is 1.09 bits per heavy atom. The van der Waals surface area contributed by atoms with Gasteiger partial charge in [0.2, 0.25) is 0 Å². The van der Waals surface area contributed by atoms with Gasteiger partial charge in [-0.15, -0.1) is 21.5 Å². The van der Waals surface area contributed by atoms with Crippen LogP contribution < -0.4 is 4.74 Å². The van der Waals surface area contributed by atoms with Crippen molar-refractivity contribution in [2.75, 3.05) is 20.7 Å². The lowest BCUT2D eigenvalue weighted by Gasteiger charge is -2.16. The lowest BCUT2D eigenvalue weighted by molar-refractivity contribution is 0.0795. The van der Waals surface area contributed by atoms with Gasteiger partial charge in [-0.05, 0) is 59.8 Å². The topological polar surface area (TPSA) is 60.2 Å². The number of thiophene rings is 1. The number of carbonyl (C=O) groups excluding carboxylic acids is 1. The van der Waals surface area contributed by atoms with Gasteiger partial charge in [0.15, 0.2) is 11.0 Å². The van der Waals surface area contributed by atoms with E-state index in [4.69, 9.17) is 4.74 Å². The van der Waals surface area contributed by atoms with Crippen LogP contribution in [0.15, 0.2) is 71.2 Å². The number of carbonyl (C=O) groups is 1. The molecule has 0 unspecified atom stereocenters. The number of aromatic nitrogens is 3. The van der Waals surface area contributed by atoms with Crippen molar-refractivity contribution in [3.8, 4) is 22.1 Å². The largest absolute Gasteiger partial charge is 0.497 e. The van der Waals surface area contributed by atoms with E-state index in [-0.39, 0.29) is 5.91 Å². The van der Waals surface area contributed by atoms with Gasteiger partial charge in [0.25, 0.3) is 5.91 Å². The first-order valence-corrected chi connectivity index (χ1v) is 12.6. The molecule has 33 heavy (non-hydrogen) atoms. The number of hydrogen-bond acceptors (Lipinski definition) is 6. The van der Waals surface area contributed by atoms with Crippen LogP contribution in [0.1, 0.15) is 29.3 Å². The summed E-state index contributed by atoms with van der Waals surface area (Å²) in [6.07, 6.45) is 0.944. The normalized spacial score (nSPS) is 10.9.